The Morgan fingerprint density at radius 1 is 1.19 bits per heavy atom. The fourth-order valence-electron chi connectivity index (χ4n) is 2.80. The number of thioether (sulfide) groups is 1. The van der Waals surface area contributed by atoms with E-state index < -0.39 is 0 Å². The first-order chi connectivity index (χ1) is 13.0. The first-order valence-corrected chi connectivity index (χ1v) is 9.82. The van der Waals surface area contributed by atoms with Crippen molar-refractivity contribution in [2.45, 2.75) is 38.8 Å². The van der Waals surface area contributed by atoms with Crippen LogP contribution in [-0.2, 0) is 4.79 Å². The van der Waals surface area contributed by atoms with Crippen LogP contribution in [0.5, 0.6) is 0 Å². The van der Waals surface area contributed by atoms with Crippen molar-refractivity contribution in [3.8, 4) is 5.69 Å². The third-order valence-electron chi connectivity index (χ3n) is 4.22. The standard InChI is InChI=1S/C20H23N5OS/c1-13(2)16-7-5-6-8-17(16)21-19(26)12-27-20-22-23-24-25(20)18-11-14(3)9-10-15(18)4/h5-11,13H,12H2,1-4H3,(H,21,26). The number of hydrogen-bond donors (Lipinski definition) is 1. The highest BCUT2D eigenvalue weighted by molar-refractivity contribution is 7.99. The normalized spacial score (nSPS) is 11.0. The molecule has 0 unspecified atom stereocenters. The summed E-state index contributed by atoms with van der Waals surface area (Å²) in [6.45, 7) is 8.26. The van der Waals surface area contributed by atoms with E-state index in [2.05, 4.69) is 40.8 Å². The molecule has 140 valence electrons. The number of para-hydroxylation sites is 1. The van der Waals surface area contributed by atoms with E-state index in [0.29, 0.717) is 11.1 Å². The van der Waals surface area contributed by atoms with E-state index in [1.165, 1.54) is 11.8 Å². The van der Waals surface area contributed by atoms with Gasteiger partial charge < -0.3 is 5.32 Å². The molecule has 0 fully saturated rings. The summed E-state index contributed by atoms with van der Waals surface area (Å²) >= 11 is 1.32. The SMILES string of the molecule is Cc1ccc(C)c(-n2nnnc2SCC(=O)Nc2ccccc2C(C)C)c1. The summed E-state index contributed by atoms with van der Waals surface area (Å²) in [4.78, 5) is 12.4. The Hall–Kier alpha value is -2.67. The molecular weight excluding hydrogens is 358 g/mol. The highest BCUT2D eigenvalue weighted by atomic mass is 32.2. The van der Waals surface area contributed by atoms with E-state index in [0.717, 1.165) is 28.1 Å². The molecule has 0 saturated carbocycles. The fourth-order valence-corrected chi connectivity index (χ4v) is 3.48. The van der Waals surface area contributed by atoms with Crippen LogP contribution in [0.2, 0.25) is 0 Å². The number of benzene rings is 2. The van der Waals surface area contributed by atoms with Crippen LogP contribution in [0.15, 0.2) is 47.6 Å². The molecule has 1 amide bonds. The van der Waals surface area contributed by atoms with Gasteiger partial charge in [0.25, 0.3) is 0 Å². The highest BCUT2D eigenvalue weighted by Crippen LogP contribution is 2.25. The first kappa shape index (κ1) is 19.1. The van der Waals surface area contributed by atoms with Crippen molar-refractivity contribution in [3.05, 3.63) is 59.2 Å². The van der Waals surface area contributed by atoms with E-state index in [9.17, 15) is 4.79 Å². The number of hydrogen-bond acceptors (Lipinski definition) is 5. The molecule has 0 radical (unpaired) electrons. The lowest BCUT2D eigenvalue weighted by molar-refractivity contribution is -0.113. The monoisotopic (exact) mass is 381 g/mol. The van der Waals surface area contributed by atoms with Crippen molar-refractivity contribution in [2.24, 2.45) is 0 Å². The highest BCUT2D eigenvalue weighted by Gasteiger charge is 2.14. The number of carbonyl (C=O) groups is 1. The Bertz CT molecular complexity index is 951. The van der Waals surface area contributed by atoms with E-state index >= 15 is 0 Å². The molecule has 1 N–H and O–H groups in total. The van der Waals surface area contributed by atoms with Gasteiger partial charge in [0.15, 0.2) is 0 Å². The van der Waals surface area contributed by atoms with Gasteiger partial charge in [-0.15, -0.1) is 5.10 Å². The maximum Gasteiger partial charge on any atom is 0.234 e. The second-order valence-corrected chi connectivity index (χ2v) is 7.68. The quantitative estimate of drug-likeness (QED) is 0.650. The molecule has 0 bridgehead atoms. The predicted octanol–water partition coefficient (Wildman–Crippen LogP) is 4.13. The van der Waals surface area contributed by atoms with Crippen molar-refractivity contribution in [1.82, 2.24) is 20.2 Å². The Morgan fingerprint density at radius 3 is 2.74 bits per heavy atom. The van der Waals surface area contributed by atoms with Crippen molar-refractivity contribution in [1.29, 1.82) is 0 Å². The van der Waals surface area contributed by atoms with Crippen LogP contribution >= 0.6 is 11.8 Å². The van der Waals surface area contributed by atoms with Crippen molar-refractivity contribution >= 4 is 23.4 Å². The van der Waals surface area contributed by atoms with Gasteiger partial charge in [-0.1, -0.05) is 55.9 Å². The number of aryl methyl sites for hydroxylation is 2. The van der Waals surface area contributed by atoms with E-state index in [-0.39, 0.29) is 11.7 Å². The zero-order valence-corrected chi connectivity index (χ0v) is 16.7. The molecule has 3 rings (SSSR count). The van der Waals surface area contributed by atoms with Crippen molar-refractivity contribution < 1.29 is 4.79 Å². The average Bonchev–Trinajstić information content (AvgIpc) is 3.10. The molecule has 0 atom stereocenters. The van der Waals surface area contributed by atoms with Crippen LogP contribution in [0.4, 0.5) is 5.69 Å². The third-order valence-corrected chi connectivity index (χ3v) is 5.14. The number of nitrogens with zero attached hydrogens (tertiary/aromatic N) is 4. The van der Waals surface area contributed by atoms with Gasteiger partial charge in [-0.3, -0.25) is 4.79 Å². The summed E-state index contributed by atoms with van der Waals surface area (Å²) in [7, 11) is 0. The number of amides is 1. The fraction of sp³-hybridized carbons (Fsp3) is 0.300. The summed E-state index contributed by atoms with van der Waals surface area (Å²) < 4.78 is 1.68. The van der Waals surface area contributed by atoms with Crippen LogP contribution in [0.1, 0.15) is 36.5 Å². The smallest absolute Gasteiger partial charge is 0.234 e. The molecule has 2 aromatic carbocycles. The largest absolute Gasteiger partial charge is 0.325 e. The summed E-state index contributed by atoms with van der Waals surface area (Å²) in [5.41, 5.74) is 5.10. The lowest BCUT2D eigenvalue weighted by Gasteiger charge is -2.13. The minimum atomic E-state index is -0.0800. The summed E-state index contributed by atoms with van der Waals surface area (Å²) in [6.07, 6.45) is 0. The van der Waals surface area contributed by atoms with Gasteiger partial charge in [0.2, 0.25) is 11.1 Å². The van der Waals surface area contributed by atoms with E-state index in [4.69, 9.17) is 0 Å². The maximum atomic E-state index is 12.4. The third kappa shape index (κ3) is 4.54. The Kier molecular flexibility index (Phi) is 5.91. The van der Waals surface area contributed by atoms with Gasteiger partial charge in [0.05, 0.1) is 11.4 Å². The number of rotatable bonds is 6. The van der Waals surface area contributed by atoms with Crippen molar-refractivity contribution in [2.75, 3.05) is 11.1 Å². The molecule has 1 heterocycles. The molecule has 0 aliphatic heterocycles. The molecule has 0 saturated heterocycles. The van der Waals surface area contributed by atoms with Gasteiger partial charge >= 0.3 is 0 Å². The lowest BCUT2D eigenvalue weighted by Crippen LogP contribution is -2.16. The van der Waals surface area contributed by atoms with Crippen LogP contribution in [0.25, 0.3) is 5.69 Å². The zero-order chi connectivity index (χ0) is 19.4. The first-order valence-electron chi connectivity index (χ1n) is 8.83. The van der Waals surface area contributed by atoms with Crippen LogP contribution in [0, 0.1) is 13.8 Å². The minimum absolute atomic E-state index is 0.0800. The summed E-state index contributed by atoms with van der Waals surface area (Å²) in [6, 6.07) is 14.0. The second-order valence-electron chi connectivity index (χ2n) is 6.74. The van der Waals surface area contributed by atoms with Crippen LogP contribution < -0.4 is 5.32 Å². The molecule has 3 aromatic rings. The van der Waals surface area contributed by atoms with Crippen LogP contribution in [0.3, 0.4) is 0 Å². The molecular formula is C20H23N5OS. The molecule has 27 heavy (non-hydrogen) atoms. The second kappa shape index (κ2) is 8.35. The molecule has 0 aliphatic carbocycles. The Labute approximate surface area is 163 Å². The summed E-state index contributed by atoms with van der Waals surface area (Å²) in [5, 5.41) is 15.5. The Morgan fingerprint density at radius 2 is 1.96 bits per heavy atom. The predicted molar refractivity (Wildman–Crippen MR) is 109 cm³/mol. The van der Waals surface area contributed by atoms with Gasteiger partial charge in [0, 0.05) is 5.69 Å². The van der Waals surface area contributed by atoms with E-state index in [1.807, 2.05) is 50.2 Å². The Balaban J connectivity index is 1.71. The zero-order valence-electron chi connectivity index (χ0n) is 15.9. The van der Waals surface area contributed by atoms with Gasteiger partial charge in [-0.25, -0.2) is 0 Å². The maximum absolute atomic E-state index is 12.4. The minimum Gasteiger partial charge on any atom is -0.325 e. The number of anilines is 1. The van der Waals surface area contributed by atoms with Crippen molar-refractivity contribution in [3.63, 3.8) is 0 Å². The lowest BCUT2D eigenvalue weighted by atomic mass is 10.0. The average molecular weight is 382 g/mol. The van der Waals surface area contributed by atoms with Gasteiger partial charge in [0.1, 0.15) is 0 Å². The number of nitrogens with one attached hydrogen (secondary N) is 1. The number of carbonyl (C=O) groups excluding carboxylic acids is 1. The van der Waals surface area contributed by atoms with Gasteiger partial charge in [-0.2, -0.15) is 4.68 Å². The molecule has 0 aliphatic rings. The van der Waals surface area contributed by atoms with Crippen LogP contribution in [-0.4, -0.2) is 31.9 Å². The number of aromatic nitrogens is 4. The van der Waals surface area contributed by atoms with E-state index in [1.54, 1.807) is 4.68 Å². The van der Waals surface area contributed by atoms with Gasteiger partial charge in [-0.05, 0) is 59.0 Å². The number of tetrazole rings is 1. The summed E-state index contributed by atoms with van der Waals surface area (Å²) in [5.74, 6) is 0.492. The molecule has 1 aromatic heterocycles. The topological polar surface area (TPSA) is 72.7 Å². The molecule has 6 nitrogen and oxygen atoms in total. The molecule has 0 spiro atoms. The molecule has 7 heteroatoms.